The molecular formula is C17H16F4N2O3S. The van der Waals surface area contributed by atoms with Crippen LogP contribution in [0, 0.1) is 5.82 Å². The van der Waals surface area contributed by atoms with E-state index in [1.165, 1.54) is 32.3 Å². The first kappa shape index (κ1) is 20.8. The van der Waals surface area contributed by atoms with E-state index >= 15 is 0 Å². The molecule has 1 amide bonds. The second-order valence-electron chi connectivity index (χ2n) is 5.80. The molecule has 0 heterocycles. The molecule has 0 aromatic heterocycles. The standard InChI is InChI=1S/C17H16F4N2O3S/c1-23(2)27(25,26)14-5-3-4-11(8-14)16(24)22-10-12-6-7-13(18)9-15(12)17(19,20)21/h3-9H,10H2,1-2H3,(H,22,24). The van der Waals surface area contributed by atoms with Crippen molar-refractivity contribution in [3.8, 4) is 0 Å². The van der Waals surface area contributed by atoms with E-state index in [1.807, 2.05) is 0 Å². The summed E-state index contributed by atoms with van der Waals surface area (Å²) < 4.78 is 77.3. The zero-order valence-corrected chi connectivity index (χ0v) is 15.2. The van der Waals surface area contributed by atoms with Gasteiger partial charge in [0.25, 0.3) is 5.91 Å². The first-order valence-corrected chi connectivity index (χ1v) is 9.03. The smallest absolute Gasteiger partial charge is 0.348 e. The molecule has 0 radical (unpaired) electrons. The van der Waals surface area contributed by atoms with E-state index in [0.717, 1.165) is 22.5 Å². The first-order chi connectivity index (χ1) is 12.4. The lowest BCUT2D eigenvalue weighted by molar-refractivity contribution is -0.138. The van der Waals surface area contributed by atoms with Gasteiger partial charge in [-0.25, -0.2) is 17.1 Å². The summed E-state index contributed by atoms with van der Waals surface area (Å²) in [5, 5.41) is 2.29. The number of sulfonamides is 1. The van der Waals surface area contributed by atoms with Crippen molar-refractivity contribution in [3.05, 3.63) is 65.0 Å². The lowest BCUT2D eigenvalue weighted by Gasteiger charge is -2.14. The van der Waals surface area contributed by atoms with Crippen LogP contribution in [-0.2, 0) is 22.7 Å². The summed E-state index contributed by atoms with van der Waals surface area (Å²) in [6.45, 7) is -0.501. The van der Waals surface area contributed by atoms with Gasteiger partial charge in [0.05, 0.1) is 10.5 Å². The quantitative estimate of drug-likeness (QED) is 0.779. The Morgan fingerprint density at radius 2 is 1.78 bits per heavy atom. The third kappa shape index (κ3) is 4.83. The van der Waals surface area contributed by atoms with E-state index in [0.29, 0.717) is 6.07 Å². The third-order valence-electron chi connectivity index (χ3n) is 3.69. The molecule has 2 aromatic rings. The molecule has 0 saturated heterocycles. The molecule has 0 unspecified atom stereocenters. The van der Waals surface area contributed by atoms with Gasteiger partial charge in [-0.2, -0.15) is 13.2 Å². The Hall–Kier alpha value is -2.46. The number of rotatable bonds is 5. The molecule has 2 aromatic carbocycles. The molecule has 0 spiro atoms. The molecule has 146 valence electrons. The van der Waals surface area contributed by atoms with Crippen molar-refractivity contribution in [2.75, 3.05) is 14.1 Å². The molecule has 2 rings (SSSR count). The minimum atomic E-state index is -4.78. The van der Waals surface area contributed by atoms with Crippen molar-refractivity contribution in [1.82, 2.24) is 9.62 Å². The minimum absolute atomic E-state index is 0.0337. The molecule has 0 aliphatic heterocycles. The fourth-order valence-corrected chi connectivity index (χ4v) is 3.20. The fourth-order valence-electron chi connectivity index (χ4n) is 2.25. The normalized spacial score (nSPS) is 12.3. The Morgan fingerprint density at radius 3 is 2.37 bits per heavy atom. The summed E-state index contributed by atoms with van der Waals surface area (Å²) in [5.41, 5.74) is -1.53. The summed E-state index contributed by atoms with van der Waals surface area (Å²) in [6.07, 6.45) is -4.78. The highest BCUT2D eigenvalue weighted by Gasteiger charge is 2.33. The highest BCUT2D eigenvalue weighted by molar-refractivity contribution is 7.89. The summed E-state index contributed by atoms with van der Waals surface area (Å²) in [6, 6.07) is 7.26. The summed E-state index contributed by atoms with van der Waals surface area (Å²) in [7, 11) is -1.11. The van der Waals surface area contributed by atoms with Crippen molar-refractivity contribution >= 4 is 15.9 Å². The SMILES string of the molecule is CN(C)S(=O)(=O)c1cccc(C(=O)NCc2ccc(F)cc2C(F)(F)F)c1. The molecule has 0 fully saturated rings. The van der Waals surface area contributed by atoms with Gasteiger partial charge in [0, 0.05) is 26.2 Å². The third-order valence-corrected chi connectivity index (χ3v) is 5.50. The number of alkyl halides is 3. The van der Waals surface area contributed by atoms with E-state index in [2.05, 4.69) is 5.32 Å². The Kier molecular flexibility index (Phi) is 5.91. The molecule has 0 bridgehead atoms. The van der Waals surface area contributed by atoms with E-state index in [1.54, 1.807) is 0 Å². The lowest BCUT2D eigenvalue weighted by Crippen LogP contribution is -2.26. The Labute approximate surface area is 153 Å². The molecule has 10 heteroatoms. The average Bonchev–Trinajstić information content (AvgIpc) is 2.59. The van der Waals surface area contributed by atoms with Gasteiger partial charge in [0.1, 0.15) is 5.82 Å². The number of hydrogen-bond acceptors (Lipinski definition) is 3. The van der Waals surface area contributed by atoms with Crippen LogP contribution in [0.1, 0.15) is 21.5 Å². The zero-order valence-electron chi connectivity index (χ0n) is 14.3. The van der Waals surface area contributed by atoms with Gasteiger partial charge in [0.2, 0.25) is 10.0 Å². The Bertz CT molecular complexity index is 957. The van der Waals surface area contributed by atoms with Crippen molar-refractivity contribution < 1.29 is 30.8 Å². The van der Waals surface area contributed by atoms with Crippen molar-refractivity contribution in [2.24, 2.45) is 0 Å². The molecule has 5 nitrogen and oxygen atoms in total. The average molecular weight is 404 g/mol. The molecule has 1 N–H and O–H groups in total. The fraction of sp³-hybridized carbons (Fsp3) is 0.235. The number of halogens is 4. The highest BCUT2D eigenvalue weighted by Crippen LogP contribution is 2.32. The van der Waals surface area contributed by atoms with Gasteiger partial charge in [-0.15, -0.1) is 0 Å². The van der Waals surface area contributed by atoms with E-state index < -0.39 is 40.0 Å². The largest absolute Gasteiger partial charge is 0.416 e. The van der Waals surface area contributed by atoms with Crippen LogP contribution < -0.4 is 5.32 Å². The second-order valence-corrected chi connectivity index (χ2v) is 7.95. The number of hydrogen-bond donors (Lipinski definition) is 1. The van der Waals surface area contributed by atoms with Gasteiger partial charge in [-0.3, -0.25) is 4.79 Å². The summed E-state index contributed by atoms with van der Waals surface area (Å²) in [5.74, 6) is -1.80. The highest BCUT2D eigenvalue weighted by atomic mass is 32.2. The molecule has 0 saturated carbocycles. The number of amides is 1. The maximum Gasteiger partial charge on any atom is 0.416 e. The van der Waals surface area contributed by atoms with Gasteiger partial charge in [-0.05, 0) is 35.9 Å². The van der Waals surface area contributed by atoms with Crippen LogP contribution in [-0.4, -0.2) is 32.7 Å². The lowest BCUT2D eigenvalue weighted by atomic mass is 10.1. The summed E-state index contributed by atoms with van der Waals surface area (Å²) in [4.78, 5) is 12.1. The topological polar surface area (TPSA) is 66.5 Å². The maximum atomic E-state index is 13.1. The Morgan fingerprint density at radius 1 is 1.11 bits per heavy atom. The number of benzene rings is 2. The van der Waals surface area contributed by atoms with Crippen LogP contribution in [0.15, 0.2) is 47.4 Å². The number of carbonyl (C=O) groups is 1. The van der Waals surface area contributed by atoms with Crippen molar-refractivity contribution in [2.45, 2.75) is 17.6 Å². The van der Waals surface area contributed by atoms with Gasteiger partial charge < -0.3 is 5.32 Å². The minimum Gasteiger partial charge on any atom is -0.348 e. The monoisotopic (exact) mass is 404 g/mol. The molecule has 0 atom stereocenters. The Balaban J connectivity index is 2.23. The van der Waals surface area contributed by atoms with Gasteiger partial charge in [-0.1, -0.05) is 12.1 Å². The second kappa shape index (κ2) is 7.65. The zero-order chi connectivity index (χ0) is 20.4. The van der Waals surface area contributed by atoms with Crippen LogP contribution in [0.4, 0.5) is 17.6 Å². The molecule has 0 aliphatic rings. The molecule has 0 aliphatic carbocycles. The molecule has 27 heavy (non-hydrogen) atoms. The number of carbonyl (C=O) groups excluding carboxylic acids is 1. The maximum absolute atomic E-state index is 13.1. The van der Waals surface area contributed by atoms with E-state index in [-0.39, 0.29) is 16.0 Å². The molecular weight excluding hydrogens is 388 g/mol. The van der Waals surface area contributed by atoms with Crippen LogP contribution >= 0.6 is 0 Å². The van der Waals surface area contributed by atoms with Crippen molar-refractivity contribution in [1.29, 1.82) is 0 Å². The van der Waals surface area contributed by atoms with E-state index in [9.17, 15) is 30.8 Å². The van der Waals surface area contributed by atoms with Crippen LogP contribution in [0.2, 0.25) is 0 Å². The number of nitrogens with one attached hydrogen (secondary N) is 1. The van der Waals surface area contributed by atoms with Crippen LogP contribution in [0.3, 0.4) is 0 Å². The van der Waals surface area contributed by atoms with Crippen molar-refractivity contribution in [3.63, 3.8) is 0 Å². The predicted molar refractivity (Wildman–Crippen MR) is 89.9 cm³/mol. The van der Waals surface area contributed by atoms with Gasteiger partial charge >= 0.3 is 6.18 Å². The first-order valence-electron chi connectivity index (χ1n) is 7.59. The van der Waals surface area contributed by atoms with Crippen LogP contribution in [0.5, 0.6) is 0 Å². The predicted octanol–water partition coefficient (Wildman–Crippen LogP) is 3.02. The van der Waals surface area contributed by atoms with E-state index in [4.69, 9.17) is 0 Å². The number of nitrogens with zero attached hydrogens (tertiary/aromatic N) is 1. The van der Waals surface area contributed by atoms with Gasteiger partial charge in [0.15, 0.2) is 0 Å². The van der Waals surface area contributed by atoms with Crippen LogP contribution in [0.25, 0.3) is 0 Å². The summed E-state index contributed by atoms with van der Waals surface area (Å²) >= 11 is 0.